The smallest absolute Gasteiger partial charge is 0.408 e. The number of carbonyl (C=O) groups is 1. The number of pyridine rings is 1. The molecule has 0 spiro atoms. The van der Waals surface area contributed by atoms with Crippen LogP contribution in [0.4, 0.5) is 4.79 Å². The Morgan fingerprint density at radius 2 is 1.96 bits per heavy atom. The normalized spacial score (nSPS) is 12.6. The molecule has 0 aliphatic heterocycles. The first-order valence-corrected chi connectivity index (χ1v) is 9.09. The van der Waals surface area contributed by atoms with Gasteiger partial charge < -0.3 is 10.1 Å². The first-order chi connectivity index (χ1) is 13.2. The average Bonchev–Trinajstić information content (AvgIpc) is 2.60. The van der Waals surface area contributed by atoms with Crippen LogP contribution in [0.1, 0.15) is 45.1 Å². The molecule has 1 amide bonds. The van der Waals surface area contributed by atoms with Crippen LogP contribution in [-0.4, -0.2) is 26.2 Å². The zero-order chi connectivity index (χ0) is 20.5. The molecule has 1 aromatic carbocycles. The lowest BCUT2D eigenvalue weighted by Crippen LogP contribution is -2.37. The van der Waals surface area contributed by atoms with E-state index < -0.39 is 17.7 Å². The molecule has 0 fully saturated rings. The van der Waals surface area contributed by atoms with Gasteiger partial charge in [-0.05, 0) is 58.4 Å². The van der Waals surface area contributed by atoms with Gasteiger partial charge in [-0.15, -0.1) is 0 Å². The number of ether oxygens (including phenoxy) is 1. The Morgan fingerprint density at radius 3 is 2.61 bits per heavy atom. The van der Waals surface area contributed by atoms with Gasteiger partial charge in [0.2, 0.25) is 0 Å². The van der Waals surface area contributed by atoms with Gasteiger partial charge in [-0.25, -0.2) is 9.78 Å². The molecule has 7 nitrogen and oxygen atoms in total. The van der Waals surface area contributed by atoms with E-state index in [4.69, 9.17) is 4.74 Å². The molecule has 0 unspecified atom stereocenters. The third-order valence-electron chi connectivity index (χ3n) is 4.16. The molecule has 1 N–H and O–H groups in total. The second-order valence-corrected chi connectivity index (χ2v) is 7.66. The number of nitrogens with one attached hydrogen (secondary N) is 1. The summed E-state index contributed by atoms with van der Waals surface area (Å²) in [5.41, 5.74) is 1.17. The van der Waals surface area contributed by atoms with Gasteiger partial charge in [0.15, 0.2) is 0 Å². The topological polar surface area (TPSA) is 86.1 Å². The fourth-order valence-corrected chi connectivity index (χ4v) is 2.99. The first kappa shape index (κ1) is 19.5. The Hall–Kier alpha value is -3.22. The molecule has 2 heterocycles. The molecule has 0 aliphatic carbocycles. The fourth-order valence-electron chi connectivity index (χ4n) is 2.99. The number of aryl methyl sites for hydroxylation is 1. The van der Waals surface area contributed by atoms with E-state index in [0.717, 1.165) is 5.56 Å². The highest BCUT2D eigenvalue weighted by molar-refractivity contribution is 5.81. The highest BCUT2D eigenvalue weighted by Gasteiger charge is 2.23. The maximum Gasteiger partial charge on any atom is 0.408 e. The SMILES string of the molecule is Cc1cccc2nc([C@H](C)NC(=O)OC(C)(C)C)n(-c3cccnc3)c(=O)c12. The number of amides is 1. The van der Waals surface area contributed by atoms with Gasteiger partial charge >= 0.3 is 6.09 Å². The molecular weight excluding hydrogens is 356 g/mol. The lowest BCUT2D eigenvalue weighted by molar-refractivity contribution is 0.0505. The minimum absolute atomic E-state index is 0.205. The van der Waals surface area contributed by atoms with Crippen LogP contribution in [0, 0.1) is 6.92 Å². The van der Waals surface area contributed by atoms with Crippen molar-refractivity contribution >= 4 is 17.0 Å². The second-order valence-electron chi connectivity index (χ2n) is 7.66. The zero-order valence-electron chi connectivity index (χ0n) is 16.7. The molecule has 3 rings (SSSR count). The number of fused-ring (bicyclic) bond motifs is 1. The predicted molar refractivity (Wildman–Crippen MR) is 108 cm³/mol. The minimum Gasteiger partial charge on any atom is -0.444 e. The summed E-state index contributed by atoms with van der Waals surface area (Å²) in [6.07, 6.45) is 2.66. The van der Waals surface area contributed by atoms with Crippen LogP contribution in [0.5, 0.6) is 0 Å². The van der Waals surface area contributed by atoms with Crippen LogP contribution < -0.4 is 10.9 Å². The van der Waals surface area contributed by atoms with E-state index >= 15 is 0 Å². The number of hydrogen-bond acceptors (Lipinski definition) is 5. The van der Waals surface area contributed by atoms with Crippen molar-refractivity contribution in [3.63, 3.8) is 0 Å². The summed E-state index contributed by atoms with van der Waals surface area (Å²) in [6, 6.07) is 8.49. The van der Waals surface area contributed by atoms with Gasteiger partial charge in [0, 0.05) is 6.20 Å². The van der Waals surface area contributed by atoms with E-state index in [-0.39, 0.29) is 5.56 Å². The monoisotopic (exact) mass is 380 g/mol. The van der Waals surface area contributed by atoms with Crippen molar-refractivity contribution in [2.24, 2.45) is 0 Å². The number of carbonyl (C=O) groups excluding carboxylic acids is 1. The van der Waals surface area contributed by atoms with Crippen LogP contribution in [0.3, 0.4) is 0 Å². The number of alkyl carbamates (subject to hydrolysis) is 1. The summed E-state index contributed by atoms with van der Waals surface area (Å²) < 4.78 is 6.83. The molecule has 0 bridgehead atoms. The van der Waals surface area contributed by atoms with E-state index in [9.17, 15) is 9.59 Å². The Labute approximate surface area is 163 Å². The maximum absolute atomic E-state index is 13.3. The third kappa shape index (κ3) is 4.03. The van der Waals surface area contributed by atoms with Crippen molar-refractivity contribution < 1.29 is 9.53 Å². The number of benzene rings is 1. The molecule has 0 saturated heterocycles. The average molecular weight is 380 g/mol. The molecule has 0 aliphatic rings. The standard InChI is InChI=1S/C21H24N4O3/c1-13-8-6-10-16-17(13)19(26)25(15-9-7-11-22-12-15)18(24-16)14(2)23-20(27)28-21(3,4)5/h6-12,14H,1-5H3,(H,23,27)/t14-/m0/s1. The molecule has 7 heteroatoms. The summed E-state index contributed by atoms with van der Waals surface area (Å²) >= 11 is 0. The van der Waals surface area contributed by atoms with Crippen molar-refractivity contribution in [1.82, 2.24) is 19.9 Å². The molecule has 0 saturated carbocycles. The summed E-state index contributed by atoms with van der Waals surface area (Å²) in [7, 11) is 0. The maximum atomic E-state index is 13.3. The van der Waals surface area contributed by atoms with Crippen molar-refractivity contribution in [3.05, 3.63) is 64.5 Å². The van der Waals surface area contributed by atoms with Gasteiger partial charge in [-0.2, -0.15) is 0 Å². The molecule has 146 valence electrons. The zero-order valence-corrected chi connectivity index (χ0v) is 16.7. The molecule has 1 atom stereocenters. The van der Waals surface area contributed by atoms with Gasteiger partial charge in [-0.1, -0.05) is 12.1 Å². The van der Waals surface area contributed by atoms with E-state index in [0.29, 0.717) is 22.4 Å². The van der Waals surface area contributed by atoms with Crippen LogP contribution in [-0.2, 0) is 4.74 Å². The Morgan fingerprint density at radius 1 is 1.21 bits per heavy atom. The van der Waals surface area contributed by atoms with Crippen LogP contribution >= 0.6 is 0 Å². The van der Waals surface area contributed by atoms with E-state index in [2.05, 4.69) is 15.3 Å². The lowest BCUT2D eigenvalue weighted by atomic mass is 10.1. The van der Waals surface area contributed by atoms with Crippen LogP contribution in [0.15, 0.2) is 47.5 Å². The summed E-state index contributed by atoms with van der Waals surface area (Å²) in [5.74, 6) is 0.405. The van der Waals surface area contributed by atoms with Gasteiger partial charge in [-0.3, -0.25) is 14.3 Å². The predicted octanol–water partition coefficient (Wildman–Crippen LogP) is 3.67. The quantitative estimate of drug-likeness (QED) is 0.749. The van der Waals surface area contributed by atoms with Crippen molar-refractivity contribution in [2.75, 3.05) is 0 Å². The summed E-state index contributed by atoms with van der Waals surface area (Å²) in [5, 5.41) is 3.31. The van der Waals surface area contributed by atoms with E-state index in [1.54, 1.807) is 58.3 Å². The summed E-state index contributed by atoms with van der Waals surface area (Å²) in [6.45, 7) is 9.01. The van der Waals surface area contributed by atoms with E-state index in [1.165, 1.54) is 4.57 Å². The molecule has 2 aromatic heterocycles. The van der Waals surface area contributed by atoms with Crippen LogP contribution in [0.2, 0.25) is 0 Å². The number of hydrogen-bond donors (Lipinski definition) is 1. The third-order valence-corrected chi connectivity index (χ3v) is 4.16. The van der Waals surface area contributed by atoms with E-state index in [1.807, 2.05) is 19.1 Å². The Bertz CT molecular complexity index is 1070. The van der Waals surface area contributed by atoms with Crippen molar-refractivity contribution in [1.29, 1.82) is 0 Å². The van der Waals surface area contributed by atoms with Crippen molar-refractivity contribution in [2.45, 2.75) is 46.3 Å². The molecule has 3 aromatic rings. The second kappa shape index (κ2) is 7.42. The Balaban J connectivity index is 2.15. The highest BCUT2D eigenvalue weighted by atomic mass is 16.6. The van der Waals surface area contributed by atoms with Gasteiger partial charge in [0.05, 0.1) is 28.8 Å². The highest BCUT2D eigenvalue weighted by Crippen LogP contribution is 2.20. The number of aromatic nitrogens is 3. The molecular formula is C21H24N4O3. The van der Waals surface area contributed by atoms with Gasteiger partial charge in [0.1, 0.15) is 11.4 Å². The van der Waals surface area contributed by atoms with Gasteiger partial charge in [0.25, 0.3) is 5.56 Å². The molecule has 28 heavy (non-hydrogen) atoms. The number of rotatable bonds is 3. The number of nitrogens with zero attached hydrogens (tertiary/aromatic N) is 3. The largest absolute Gasteiger partial charge is 0.444 e. The fraction of sp³-hybridized carbons (Fsp3) is 0.333. The lowest BCUT2D eigenvalue weighted by Gasteiger charge is -2.23. The molecule has 0 radical (unpaired) electrons. The van der Waals surface area contributed by atoms with Crippen molar-refractivity contribution in [3.8, 4) is 5.69 Å². The minimum atomic E-state index is -0.624. The van der Waals surface area contributed by atoms with Crippen LogP contribution in [0.25, 0.3) is 16.6 Å². The Kier molecular flexibility index (Phi) is 5.18. The first-order valence-electron chi connectivity index (χ1n) is 9.09. The summed E-state index contributed by atoms with van der Waals surface area (Å²) in [4.78, 5) is 34.4.